The lowest BCUT2D eigenvalue weighted by Crippen LogP contribution is -2.03. The normalized spacial score (nSPS) is 10.3. The Hall–Kier alpha value is -1.40. The van der Waals surface area contributed by atoms with E-state index >= 15 is 0 Å². The topological polar surface area (TPSA) is 62.2 Å². The van der Waals surface area contributed by atoms with Crippen LogP contribution in [0.3, 0.4) is 0 Å². The van der Waals surface area contributed by atoms with Gasteiger partial charge in [-0.2, -0.15) is 4.37 Å². The molecule has 0 aliphatic carbocycles. The fourth-order valence-electron chi connectivity index (χ4n) is 1.32. The monoisotopic (exact) mass is 254 g/mol. The zero-order valence-corrected chi connectivity index (χ0v) is 10.2. The summed E-state index contributed by atoms with van der Waals surface area (Å²) in [5.74, 6) is -0.931. The summed E-state index contributed by atoms with van der Waals surface area (Å²) in [6.07, 6.45) is 0. The number of carbonyl (C=O) groups is 1. The standard InChI is InChI=1S/C10H10N2O2S2/c1-6-8(10(13)14)9(16-12-6)11-5-7-3-2-4-15-7/h2-4,11H,5H2,1H3,(H,13,14). The lowest BCUT2D eigenvalue weighted by molar-refractivity contribution is 0.0697. The summed E-state index contributed by atoms with van der Waals surface area (Å²) in [7, 11) is 0. The molecule has 0 bridgehead atoms. The molecule has 0 radical (unpaired) electrons. The third-order valence-corrected chi connectivity index (χ3v) is 3.85. The first-order valence-corrected chi connectivity index (χ1v) is 6.29. The van der Waals surface area contributed by atoms with Gasteiger partial charge in [0.25, 0.3) is 0 Å². The number of aryl methyl sites for hydroxylation is 1. The van der Waals surface area contributed by atoms with Crippen LogP contribution in [0.25, 0.3) is 0 Å². The molecule has 0 saturated heterocycles. The minimum atomic E-state index is -0.931. The number of nitrogens with zero attached hydrogens (tertiary/aromatic N) is 1. The molecule has 0 unspecified atom stereocenters. The second kappa shape index (κ2) is 4.63. The number of anilines is 1. The molecule has 0 spiro atoms. The lowest BCUT2D eigenvalue weighted by Gasteiger charge is -2.02. The number of carboxylic acids is 1. The van der Waals surface area contributed by atoms with Crippen molar-refractivity contribution in [1.82, 2.24) is 4.37 Å². The van der Waals surface area contributed by atoms with Gasteiger partial charge in [0.05, 0.1) is 12.2 Å². The van der Waals surface area contributed by atoms with E-state index in [1.165, 1.54) is 16.4 Å². The predicted molar refractivity (Wildman–Crippen MR) is 65.5 cm³/mol. The molecule has 2 rings (SSSR count). The number of carboxylic acid groups (broad SMARTS) is 1. The van der Waals surface area contributed by atoms with E-state index in [9.17, 15) is 4.79 Å². The van der Waals surface area contributed by atoms with Crippen molar-refractivity contribution >= 4 is 33.8 Å². The molecule has 2 N–H and O–H groups in total. The number of aromatic carboxylic acids is 1. The summed E-state index contributed by atoms with van der Waals surface area (Å²) in [6.45, 7) is 2.34. The third kappa shape index (κ3) is 2.23. The number of rotatable bonds is 4. The van der Waals surface area contributed by atoms with Gasteiger partial charge in [-0.15, -0.1) is 11.3 Å². The van der Waals surface area contributed by atoms with Gasteiger partial charge in [0.2, 0.25) is 0 Å². The highest BCUT2D eigenvalue weighted by molar-refractivity contribution is 7.11. The number of nitrogens with one attached hydrogen (secondary N) is 1. The van der Waals surface area contributed by atoms with E-state index in [2.05, 4.69) is 9.69 Å². The van der Waals surface area contributed by atoms with Crippen molar-refractivity contribution in [3.8, 4) is 0 Å². The van der Waals surface area contributed by atoms with Gasteiger partial charge in [0.15, 0.2) is 0 Å². The summed E-state index contributed by atoms with van der Waals surface area (Å²) in [4.78, 5) is 12.2. The van der Waals surface area contributed by atoms with Crippen LogP contribution in [-0.4, -0.2) is 15.4 Å². The maximum absolute atomic E-state index is 11.0. The van der Waals surface area contributed by atoms with E-state index in [4.69, 9.17) is 5.11 Å². The Labute approximate surface area is 101 Å². The van der Waals surface area contributed by atoms with E-state index in [-0.39, 0.29) is 5.56 Å². The van der Waals surface area contributed by atoms with Crippen molar-refractivity contribution in [3.05, 3.63) is 33.6 Å². The summed E-state index contributed by atoms with van der Waals surface area (Å²) >= 11 is 2.83. The highest BCUT2D eigenvalue weighted by atomic mass is 32.1. The minimum absolute atomic E-state index is 0.279. The van der Waals surface area contributed by atoms with Gasteiger partial charge in [-0.05, 0) is 29.9 Å². The molecule has 2 heterocycles. The molecule has 6 heteroatoms. The van der Waals surface area contributed by atoms with E-state index in [1.54, 1.807) is 18.3 Å². The maximum atomic E-state index is 11.0. The fourth-order valence-corrected chi connectivity index (χ4v) is 2.75. The summed E-state index contributed by atoms with van der Waals surface area (Å²) in [5, 5.41) is 14.7. The molecule has 0 amide bonds. The van der Waals surface area contributed by atoms with Crippen LogP contribution >= 0.6 is 22.9 Å². The molecule has 0 aliphatic rings. The third-order valence-electron chi connectivity index (χ3n) is 2.08. The van der Waals surface area contributed by atoms with E-state index in [0.717, 1.165) is 0 Å². The van der Waals surface area contributed by atoms with E-state index in [1.807, 2.05) is 17.5 Å². The van der Waals surface area contributed by atoms with Gasteiger partial charge in [-0.3, -0.25) is 0 Å². The number of hydrogen-bond acceptors (Lipinski definition) is 5. The fraction of sp³-hybridized carbons (Fsp3) is 0.200. The zero-order chi connectivity index (χ0) is 11.5. The molecule has 2 aromatic rings. The van der Waals surface area contributed by atoms with Crippen LogP contribution in [0.1, 0.15) is 20.9 Å². The van der Waals surface area contributed by atoms with Gasteiger partial charge in [0.1, 0.15) is 10.6 Å². The molecular weight excluding hydrogens is 244 g/mol. The second-order valence-electron chi connectivity index (χ2n) is 3.21. The summed E-state index contributed by atoms with van der Waals surface area (Å²) < 4.78 is 4.04. The molecule has 0 saturated carbocycles. The van der Waals surface area contributed by atoms with Crippen molar-refractivity contribution in [2.24, 2.45) is 0 Å². The van der Waals surface area contributed by atoms with Crippen molar-refractivity contribution in [2.75, 3.05) is 5.32 Å². The average Bonchev–Trinajstić information content (AvgIpc) is 2.83. The SMILES string of the molecule is Cc1nsc(NCc2cccs2)c1C(=O)O. The maximum Gasteiger partial charge on any atom is 0.340 e. The van der Waals surface area contributed by atoms with Crippen LogP contribution in [0, 0.1) is 6.92 Å². The first kappa shape index (κ1) is 11.1. The Balaban J connectivity index is 2.13. The molecule has 0 fully saturated rings. The van der Waals surface area contributed by atoms with Gasteiger partial charge in [-0.25, -0.2) is 4.79 Å². The molecule has 4 nitrogen and oxygen atoms in total. The molecule has 16 heavy (non-hydrogen) atoms. The number of aromatic nitrogens is 1. The smallest absolute Gasteiger partial charge is 0.340 e. The lowest BCUT2D eigenvalue weighted by atomic mass is 10.2. The van der Waals surface area contributed by atoms with Crippen LogP contribution in [0.2, 0.25) is 0 Å². The molecule has 2 aromatic heterocycles. The van der Waals surface area contributed by atoms with Crippen LogP contribution in [0.5, 0.6) is 0 Å². The summed E-state index contributed by atoms with van der Waals surface area (Å²) in [6, 6.07) is 3.98. The Morgan fingerprint density at radius 1 is 1.62 bits per heavy atom. The van der Waals surface area contributed by atoms with Gasteiger partial charge in [0, 0.05) is 4.88 Å². The molecule has 84 valence electrons. The summed E-state index contributed by atoms with van der Waals surface area (Å²) in [5.41, 5.74) is 0.840. The van der Waals surface area contributed by atoms with Crippen LogP contribution in [0.4, 0.5) is 5.00 Å². The average molecular weight is 254 g/mol. The number of hydrogen-bond donors (Lipinski definition) is 2. The molecule has 0 aliphatic heterocycles. The highest BCUT2D eigenvalue weighted by Gasteiger charge is 2.16. The number of thiophene rings is 1. The zero-order valence-electron chi connectivity index (χ0n) is 8.56. The molecule has 0 atom stereocenters. The molecular formula is C10H10N2O2S2. The Bertz CT molecular complexity index is 491. The first-order valence-electron chi connectivity index (χ1n) is 4.64. The van der Waals surface area contributed by atoms with Gasteiger partial charge >= 0.3 is 5.97 Å². The van der Waals surface area contributed by atoms with Crippen LogP contribution < -0.4 is 5.32 Å². The van der Waals surface area contributed by atoms with Crippen LogP contribution in [-0.2, 0) is 6.54 Å². The minimum Gasteiger partial charge on any atom is -0.478 e. The Morgan fingerprint density at radius 3 is 3.06 bits per heavy atom. The van der Waals surface area contributed by atoms with Crippen molar-refractivity contribution in [1.29, 1.82) is 0 Å². The van der Waals surface area contributed by atoms with E-state index < -0.39 is 5.97 Å². The van der Waals surface area contributed by atoms with Crippen molar-refractivity contribution < 1.29 is 9.90 Å². The molecule has 0 aromatic carbocycles. The highest BCUT2D eigenvalue weighted by Crippen LogP contribution is 2.25. The second-order valence-corrected chi connectivity index (χ2v) is 5.02. The van der Waals surface area contributed by atoms with E-state index in [0.29, 0.717) is 17.2 Å². The first-order chi connectivity index (χ1) is 7.68. The van der Waals surface area contributed by atoms with Crippen molar-refractivity contribution in [3.63, 3.8) is 0 Å². The largest absolute Gasteiger partial charge is 0.478 e. The quantitative estimate of drug-likeness (QED) is 0.880. The Kier molecular flexibility index (Phi) is 3.21. The van der Waals surface area contributed by atoms with Crippen molar-refractivity contribution in [2.45, 2.75) is 13.5 Å². The van der Waals surface area contributed by atoms with Gasteiger partial charge < -0.3 is 10.4 Å². The van der Waals surface area contributed by atoms with Gasteiger partial charge in [-0.1, -0.05) is 6.07 Å². The predicted octanol–water partition coefficient (Wildman–Crippen LogP) is 2.82. The Morgan fingerprint density at radius 2 is 2.44 bits per heavy atom. The van der Waals surface area contributed by atoms with Crippen LogP contribution in [0.15, 0.2) is 17.5 Å².